The minimum absolute atomic E-state index is 0.247. The number of ether oxygens (including phenoxy) is 1. The van der Waals surface area contributed by atoms with Gasteiger partial charge in [-0.3, -0.25) is 4.79 Å². The summed E-state index contributed by atoms with van der Waals surface area (Å²) in [6.07, 6.45) is 1.94. The summed E-state index contributed by atoms with van der Waals surface area (Å²) in [7, 11) is 0. The van der Waals surface area contributed by atoms with Gasteiger partial charge >= 0.3 is 0 Å². The Hall–Kier alpha value is -2.50. The van der Waals surface area contributed by atoms with Gasteiger partial charge in [-0.2, -0.15) is 0 Å². The van der Waals surface area contributed by atoms with E-state index in [-0.39, 0.29) is 5.56 Å². The van der Waals surface area contributed by atoms with Crippen LogP contribution < -0.4 is 10.1 Å². The van der Waals surface area contributed by atoms with Gasteiger partial charge in [0, 0.05) is 5.56 Å². The Morgan fingerprint density at radius 1 is 1.04 bits per heavy atom. The fraction of sp³-hybridized carbons (Fsp3) is 0.235. The van der Waals surface area contributed by atoms with Crippen LogP contribution in [0.15, 0.2) is 36.4 Å². The number of carbonyl (C=O) groups is 1. The lowest BCUT2D eigenvalue weighted by Crippen LogP contribution is -2.13. The average Bonchev–Trinajstić information content (AvgIpc) is 2.56. The normalized spacial score (nSPS) is 10.4. The highest BCUT2D eigenvalue weighted by Gasteiger charge is 2.16. The quantitative estimate of drug-likeness (QED) is 0.626. The van der Waals surface area contributed by atoms with Gasteiger partial charge in [-0.25, -0.2) is 13.2 Å². The maximum atomic E-state index is 13.5. The van der Waals surface area contributed by atoms with Crippen molar-refractivity contribution in [1.29, 1.82) is 0 Å². The Morgan fingerprint density at radius 2 is 1.74 bits per heavy atom. The molecule has 3 nitrogen and oxygen atoms in total. The Morgan fingerprint density at radius 3 is 2.39 bits per heavy atom. The van der Waals surface area contributed by atoms with Crippen LogP contribution >= 0.6 is 0 Å². The second-order valence-electron chi connectivity index (χ2n) is 4.90. The zero-order valence-electron chi connectivity index (χ0n) is 12.5. The van der Waals surface area contributed by atoms with E-state index in [9.17, 15) is 18.0 Å². The summed E-state index contributed by atoms with van der Waals surface area (Å²) in [4.78, 5) is 12.0. The predicted octanol–water partition coefficient (Wildman–Crippen LogP) is 4.54. The van der Waals surface area contributed by atoms with Crippen LogP contribution in [0.5, 0.6) is 5.75 Å². The second kappa shape index (κ2) is 7.67. The topological polar surface area (TPSA) is 38.3 Å². The minimum Gasteiger partial charge on any atom is -0.494 e. The van der Waals surface area contributed by atoms with E-state index in [0.29, 0.717) is 12.4 Å². The summed E-state index contributed by atoms with van der Waals surface area (Å²) in [5.41, 5.74) is -0.172. The van der Waals surface area contributed by atoms with Gasteiger partial charge in [-0.1, -0.05) is 13.3 Å². The van der Waals surface area contributed by atoms with E-state index in [4.69, 9.17) is 4.74 Å². The summed E-state index contributed by atoms with van der Waals surface area (Å²) in [6, 6.07) is 7.97. The van der Waals surface area contributed by atoms with Crippen LogP contribution in [-0.4, -0.2) is 12.5 Å². The van der Waals surface area contributed by atoms with Gasteiger partial charge in [0.2, 0.25) is 0 Å². The van der Waals surface area contributed by atoms with E-state index in [0.717, 1.165) is 25.0 Å². The van der Waals surface area contributed by atoms with Crippen LogP contribution in [0.25, 0.3) is 0 Å². The van der Waals surface area contributed by atoms with Crippen LogP contribution in [-0.2, 0) is 0 Å². The molecule has 6 heteroatoms. The molecule has 0 unspecified atom stereocenters. The molecule has 2 aromatic carbocycles. The molecule has 0 aromatic heterocycles. The van der Waals surface area contributed by atoms with Crippen molar-refractivity contribution >= 4 is 11.6 Å². The molecular weight excluding hydrogens is 307 g/mol. The largest absolute Gasteiger partial charge is 0.494 e. The molecule has 0 aliphatic heterocycles. The first-order valence-corrected chi connectivity index (χ1v) is 7.20. The third-order valence-corrected chi connectivity index (χ3v) is 3.17. The van der Waals surface area contributed by atoms with E-state index < -0.39 is 29.0 Å². The number of hydrogen-bond donors (Lipinski definition) is 1. The van der Waals surface area contributed by atoms with E-state index in [1.54, 1.807) is 12.1 Å². The van der Waals surface area contributed by atoms with Crippen molar-refractivity contribution in [1.82, 2.24) is 0 Å². The monoisotopic (exact) mass is 323 g/mol. The number of unbranched alkanes of at least 4 members (excludes halogenated alkanes) is 1. The van der Waals surface area contributed by atoms with Gasteiger partial charge in [0.05, 0.1) is 12.3 Å². The van der Waals surface area contributed by atoms with E-state index in [1.165, 1.54) is 12.1 Å². The van der Waals surface area contributed by atoms with Crippen molar-refractivity contribution in [3.8, 4) is 5.75 Å². The van der Waals surface area contributed by atoms with Gasteiger partial charge < -0.3 is 10.1 Å². The number of halogens is 3. The molecule has 0 aliphatic rings. The lowest BCUT2D eigenvalue weighted by Gasteiger charge is -2.09. The van der Waals surface area contributed by atoms with Gasteiger partial charge in [-0.15, -0.1) is 0 Å². The number of nitrogens with one attached hydrogen (secondary N) is 1. The highest BCUT2D eigenvalue weighted by molar-refractivity contribution is 6.04. The summed E-state index contributed by atoms with van der Waals surface area (Å²) < 4.78 is 45.0. The third kappa shape index (κ3) is 4.25. The van der Waals surface area contributed by atoms with E-state index in [1.807, 2.05) is 6.92 Å². The zero-order valence-corrected chi connectivity index (χ0v) is 12.5. The van der Waals surface area contributed by atoms with Gasteiger partial charge in [0.1, 0.15) is 5.75 Å². The summed E-state index contributed by atoms with van der Waals surface area (Å²) in [5, 5.41) is 2.20. The molecule has 0 radical (unpaired) electrons. The van der Waals surface area contributed by atoms with Crippen LogP contribution in [0.4, 0.5) is 18.9 Å². The Bertz CT molecular complexity index is 687. The van der Waals surface area contributed by atoms with Crippen molar-refractivity contribution in [2.45, 2.75) is 19.8 Å². The fourth-order valence-electron chi connectivity index (χ4n) is 1.85. The molecule has 0 atom stereocenters. The molecule has 0 fully saturated rings. The molecule has 0 bridgehead atoms. The summed E-state index contributed by atoms with van der Waals surface area (Å²) >= 11 is 0. The lowest BCUT2D eigenvalue weighted by atomic mass is 10.2. The standard InChI is InChI=1S/C17H16F3NO2/c1-2-3-10-23-12-6-4-11(5-7-12)17(22)21-14-9-8-13(18)15(19)16(14)20/h4-9H,2-3,10H2,1H3,(H,21,22). The van der Waals surface area contributed by atoms with Crippen LogP contribution in [0.2, 0.25) is 0 Å². The molecule has 0 spiro atoms. The predicted molar refractivity (Wildman–Crippen MR) is 81.1 cm³/mol. The first kappa shape index (κ1) is 16.9. The number of anilines is 1. The molecule has 0 heterocycles. The molecule has 2 rings (SSSR count). The number of rotatable bonds is 6. The average molecular weight is 323 g/mol. The molecular formula is C17H16F3NO2. The molecule has 1 amide bonds. The second-order valence-corrected chi connectivity index (χ2v) is 4.90. The highest BCUT2D eigenvalue weighted by atomic mass is 19.2. The number of carbonyl (C=O) groups excluding carboxylic acids is 1. The van der Waals surface area contributed by atoms with Crippen molar-refractivity contribution in [2.75, 3.05) is 11.9 Å². The Balaban J connectivity index is 2.05. The molecule has 1 N–H and O–H groups in total. The number of amides is 1. The summed E-state index contributed by atoms with van der Waals surface area (Å²) in [5.74, 6) is -4.38. The Labute approximate surface area is 132 Å². The van der Waals surface area contributed by atoms with Crippen LogP contribution in [0, 0.1) is 17.5 Å². The van der Waals surface area contributed by atoms with Crippen molar-refractivity contribution in [3.05, 3.63) is 59.4 Å². The van der Waals surface area contributed by atoms with Crippen molar-refractivity contribution in [3.63, 3.8) is 0 Å². The van der Waals surface area contributed by atoms with Crippen LogP contribution in [0.3, 0.4) is 0 Å². The molecule has 23 heavy (non-hydrogen) atoms. The van der Waals surface area contributed by atoms with E-state index >= 15 is 0 Å². The van der Waals surface area contributed by atoms with Gasteiger partial charge in [-0.05, 0) is 42.8 Å². The maximum absolute atomic E-state index is 13.5. The Kier molecular flexibility index (Phi) is 5.62. The highest BCUT2D eigenvalue weighted by Crippen LogP contribution is 2.21. The SMILES string of the molecule is CCCCOc1ccc(C(=O)Nc2ccc(F)c(F)c2F)cc1. The van der Waals surface area contributed by atoms with Gasteiger partial charge in [0.15, 0.2) is 17.5 Å². The van der Waals surface area contributed by atoms with Crippen molar-refractivity contribution < 1.29 is 22.7 Å². The number of benzene rings is 2. The fourth-order valence-corrected chi connectivity index (χ4v) is 1.85. The first-order valence-electron chi connectivity index (χ1n) is 7.20. The molecule has 0 saturated carbocycles. The summed E-state index contributed by atoms with van der Waals surface area (Å²) in [6.45, 7) is 2.64. The first-order chi connectivity index (χ1) is 11.0. The van der Waals surface area contributed by atoms with E-state index in [2.05, 4.69) is 5.32 Å². The smallest absolute Gasteiger partial charge is 0.255 e. The third-order valence-electron chi connectivity index (χ3n) is 3.17. The van der Waals surface area contributed by atoms with Gasteiger partial charge in [0.25, 0.3) is 5.91 Å². The maximum Gasteiger partial charge on any atom is 0.255 e. The minimum atomic E-state index is -1.62. The molecule has 0 aliphatic carbocycles. The molecule has 0 saturated heterocycles. The van der Waals surface area contributed by atoms with Crippen LogP contribution in [0.1, 0.15) is 30.1 Å². The number of hydrogen-bond acceptors (Lipinski definition) is 2. The molecule has 122 valence electrons. The zero-order chi connectivity index (χ0) is 16.8. The lowest BCUT2D eigenvalue weighted by molar-refractivity contribution is 0.102. The molecule has 2 aromatic rings. The van der Waals surface area contributed by atoms with Crippen molar-refractivity contribution in [2.24, 2.45) is 0 Å².